The van der Waals surface area contributed by atoms with Crippen molar-refractivity contribution in [2.45, 2.75) is 26.8 Å². The first kappa shape index (κ1) is 13.6. The molecule has 0 saturated carbocycles. The number of nitrogens with one attached hydrogen (secondary N) is 1. The molecule has 3 N–H and O–H groups in total. The highest BCUT2D eigenvalue weighted by atomic mass is 16.5. The number of para-hydroxylation sites is 1. The molecule has 0 aliphatic rings. The largest absolute Gasteiger partial charge is 0.496 e. The fourth-order valence-electron chi connectivity index (χ4n) is 2.47. The van der Waals surface area contributed by atoms with Crippen LogP contribution < -0.4 is 16.0 Å². The average molecular weight is 260 g/mol. The first-order chi connectivity index (χ1) is 9.10. The Morgan fingerprint density at radius 3 is 2.37 bits per heavy atom. The van der Waals surface area contributed by atoms with Crippen molar-refractivity contribution in [2.24, 2.45) is 5.84 Å². The van der Waals surface area contributed by atoms with Gasteiger partial charge < -0.3 is 9.15 Å². The summed E-state index contributed by atoms with van der Waals surface area (Å²) in [6, 6.07) is 7.70. The minimum Gasteiger partial charge on any atom is -0.496 e. The average Bonchev–Trinajstić information content (AvgIpc) is 2.67. The van der Waals surface area contributed by atoms with Gasteiger partial charge in [0.2, 0.25) is 0 Å². The van der Waals surface area contributed by atoms with E-state index in [9.17, 15) is 0 Å². The van der Waals surface area contributed by atoms with E-state index >= 15 is 0 Å². The van der Waals surface area contributed by atoms with Gasteiger partial charge >= 0.3 is 0 Å². The summed E-state index contributed by atoms with van der Waals surface area (Å²) in [7, 11) is 1.66. The summed E-state index contributed by atoms with van der Waals surface area (Å²) in [4.78, 5) is 0. The van der Waals surface area contributed by atoms with Crippen molar-refractivity contribution in [3.63, 3.8) is 0 Å². The van der Waals surface area contributed by atoms with Crippen LogP contribution in [0.3, 0.4) is 0 Å². The van der Waals surface area contributed by atoms with Gasteiger partial charge in [-0.1, -0.05) is 18.2 Å². The SMILES string of the molecule is COc1ccccc1C(NN)c1c(C)oc(C)c1C. The zero-order valence-corrected chi connectivity index (χ0v) is 11.8. The predicted octanol–water partition coefficient (Wildman–Crippen LogP) is 2.77. The smallest absolute Gasteiger partial charge is 0.124 e. The Balaban J connectivity index is 2.56. The molecule has 0 bridgehead atoms. The van der Waals surface area contributed by atoms with E-state index in [0.29, 0.717) is 0 Å². The summed E-state index contributed by atoms with van der Waals surface area (Å²) in [6.45, 7) is 5.96. The van der Waals surface area contributed by atoms with Crippen molar-refractivity contribution >= 4 is 0 Å². The molecule has 1 aromatic heterocycles. The van der Waals surface area contributed by atoms with E-state index in [1.165, 1.54) is 0 Å². The first-order valence-corrected chi connectivity index (χ1v) is 6.25. The highest BCUT2D eigenvalue weighted by Crippen LogP contribution is 2.34. The van der Waals surface area contributed by atoms with Gasteiger partial charge in [0.15, 0.2) is 0 Å². The second-order valence-electron chi connectivity index (χ2n) is 4.59. The minimum atomic E-state index is -0.145. The van der Waals surface area contributed by atoms with Crippen LogP contribution in [0.1, 0.15) is 34.3 Å². The summed E-state index contributed by atoms with van der Waals surface area (Å²) in [5.41, 5.74) is 6.05. The lowest BCUT2D eigenvalue weighted by molar-refractivity contribution is 0.403. The van der Waals surface area contributed by atoms with E-state index in [-0.39, 0.29) is 6.04 Å². The lowest BCUT2D eigenvalue weighted by atomic mass is 9.95. The molecule has 0 amide bonds. The zero-order chi connectivity index (χ0) is 14.0. The third-order valence-corrected chi connectivity index (χ3v) is 3.52. The van der Waals surface area contributed by atoms with Crippen molar-refractivity contribution in [1.29, 1.82) is 0 Å². The molecule has 0 aliphatic heterocycles. The molecule has 2 aromatic rings. The summed E-state index contributed by atoms with van der Waals surface area (Å²) in [5.74, 6) is 8.37. The molecule has 0 radical (unpaired) electrons. The molecule has 0 saturated heterocycles. The van der Waals surface area contributed by atoms with Crippen molar-refractivity contribution < 1.29 is 9.15 Å². The lowest BCUT2D eigenvalue weighted by Gasteiger charge is -2.19. The number of hydrogen-bond donors (Lipinski definition) is 2. The molecule has 1 heterocycles. The van der Waals surface area contributed by atoms with Crippen molar-refractivity contribution in [2.75, 3.05) is 7.11 Å². The van der Waals surface area contributed by atoms with Gasteiger partial charge in [-0.25, -0.2) is 5.43 Å². The zero-order valence-electron chi connectivity index (χ0n) is 11.8. The molecule has 0 fully saturated rings. The summed E-state index contributed by atoms with van der Waals surface area (Å²) < 4.78 is 11.1. The molecule has 4 nitrogen and oxygen atoms in total. The van der Waals surface area contributed by atoms with Gasteiger partial charge in [-0.15, -0.1) is 0 Å². The standard InChI is InChI=1S/C15H20N2O2/c1-9-10(2)19-11(3)14(9)15(17-16)12-7-5-6-8-13(12)18-4/h5-8,15,17H,16H2,1-4H3. The number of rotatable bonds is 4. The molecule has 2 rings (SSSR count). The molecule has 4 heteroatoms. The van der Waals surface area contributed by atoms with Gasteiger partial charge in [0.05, 0.1) is 13.2 Å². The maximum Gasteiger partial charge on any atom is 0.124 e. The predicted molar refractivity (Wildman–Crippen MR) is 75.1 cm³/mol. The van der Waals surface area contributed by atoms with Crippen LogP contribution in [0.5, 0.6) is 5.75 Å². The number of nitrogens with two attached hydrogens (primary N) is 1. The van der Waals surface area contributed by atoms with Crippen LogP contribution in [0, 0.1) is 20.8 Å². The maximum absolute atomic E-state index is 5.76. The number of methoxy groups -OCH3 is 1. The van der Waals surface area contributed by atoms with E-state index < -0.39 is 0 Å². The lowest BCUT2D eigenvalue weighted by Crippen LogP contribution is -2.29. The fourth-order valence-corrected chi connectivity index (χ4v) is 2.47. The van der Waals surface area contributed by atoms with E-state index in [4.69, 9.17) is 15.0 Å². The van der Waals surface area contributed by atoms with Crippen LogP contribution in [-0.2, 0) is 0 Å². The summed E-state index contributed by atoms with van der Waals surface area (Å²) in [6.07, 6.45) is 0. The summed E-state index contributed by atoms with van der Waals surface area (Å²) >= 11 is 0. The third kappa shape index (κ3) is 2.37. The van der Waals surface area contributed by atoms with Gasteiger partial charge in [-0.3, -0.25) is 5.84 Å². The number of benzene rings is 1. The molecule has 102 valence electrons. The van der Waals surface area contributed by atoms with Gasteiger partial charge in [-0.05, 0) is 32.4 Å². The molecule has 1 atom stereocenters. The number of aryl methyl sites for hydroxylation is 2. The Bertz CT molecular complexity index is 576. The van der Waals surface area contributed by atoms with Crippen molar-refractivity contribution in [3.05, 3.63) is 52.5 Å². The first-order valence-electron chi connectivity index (χ1n) is 6.25. The molecule has 0 spiro atoms. The van der Waals surface area contributed by atoms with Gasteiger partial charge in [0, 0.05) is 11.1 Å². The van der Waals surface area contributed by atoms with Crippen molar-refractivity contribution in [1.82, 2.24) is 5.43 Å². The Kier molecular flexibility index (Phi) is 3.93. The second kappa shape index (κ2) is 5.47. The van der Waals surface area contributed by atoms with E-state index in [0.717, 1.165) is 34.0 Å². The maximum atomic E-state index is 5.76. The molecule has 1 aromatic carbocycles. The molecule has 1 unspecified atom stereocenters. The van der Waals surface area contributed by atoms with Crippen LogP contribution in [0.25, 0.3) is 0 Å². The monoisotopic (exact) mass is 260 g/mol. The molecule has 0 aliphatic carbocycles. The van der Waals surface area contributed by atoms with Crippen LogP contribution >= 0.6 is 0 Å². The number of hydrazine groups is 1. The van der Waals surface area contributed by atoms with E-state index in [1.54, 1.807) is 7.11 Å². The highest BCUT2D eigenvalue weighted by Gasteiger charge is 2.23. The number of furan rings is 1. The van der Waals surface area contributed by atoms with Gasteiger partial charge in [0.1, 0.15) is 17.3 Å². The second-order valence-corrected chi connectivity index (χ2v) is 4.59. The Hall–Kier alpha value is -1.78. The van der Waals surface area contributed by atoms with Crippen LogP contribution in [-0.4, -0.2) is 7.11 Å². The Morgan fingerprint density at radius 1 is 1.16 bits per heavy atom. The Morgan fingerprint density at radius 2 is 1.84 bits per heavy atom. The van der Waals surface area contributed by atoms with Crippen LogP contribution in [0.15, 0.2) is 28.7 Å². The normalized spacial score (nSPS) is 12.5. The molecular formula is C15H20N2O2. The summed E-state index contributed by atoms with van der Waals surface area (Å²) in [5, 5.41) is 0. The van der Waals surface area contributed by atoms with Crippen LogP contribution in [0.4, 0.5) is 0 Å². The van der Waals surface area contributed by atoms with Gasteiger partial charge in [-0.2, -0.15) is 0 Å². The van der Waals surface area contributed by atoms with Crippen LogP contribution in [0.2, 0.25) is 0 Å². The fraction of sp³-hybridized carbons (Fsp3) is 0.333. The molecule has 19 heavy (non-hydrogen) atoms. The molecular weight excluding hydrogens is 240 g/mol. The Labute approximate surface area is 113 Å². The topological polar surface area (TPSA) is 60.4 Å². The van der Waals surface area contributed by atoms with E-state index in [1.807, 2.05) is 45.0 Å². The van der Waals surface area contributed by atoms with E-state index in [2.05, 4.69) is 5.43 Å². The quantitative estimate of drug-likeness (QED) is 0.655. The van der Waals surface area contributed by atoms with Crippen molar-refractivity contribution in [3.8, 4) is 5.75 Å². The minimum absolute atomic E-state index is 0.145. The highest BCUT2D eigenvalue weighted by molar-refractivity contribution is 5.45. The van der Waals surface area contributed by atoms with Gasteiger partial charge in [0.25, 0.3) is 0 Å². The number of hydrogen-bond acceptors (Lipinski definition) is 4. The number of ether oxygens (including phenoxy) is 1. The third-order valence-electron chi connectivity index (χ3n) is 3.52.